The summed E-state index contributed by atoms with van der Waals surface area (Å²) in [5.41, 5.74) is 2.30. The molecular weight excluding hydrogens is 246 g/mol. The monoisotopic (exact) mass is 261 g/mol. The molecule has 7 heteroatoms. The first-order valence-corrected chi connectivity index (χ1v) is 5.78. The molecular formula is C12H15N5O2. The molecule has 19 heavy (non-hydrogen) atoms. The van der Waals surface area contributed by atoms with Gasteiger partial charge in [-0.05, 0) is 42.3 Å². The van der Waals surface area contributed by atoms with Gasteiger partial charge >= 0.3 is 0 Å². The highest BCUT2D eigenvalue weighted by Crippen LogP contribution is 2.16. The first kappa shape index (κ1) is 13.0. The zero-order valence-electron chi connectivity index (χ0n) is 11.0. The average molecular weight is 261 g/mol. The van der Waals surface area contributed by atoms with E-state index < -0.39 is 0 Å². The minimum Gasteiger partial charge on any atom is -0.484 e. The molecule has 0 spiro atoms. The summed E-state index contributed by atoms with van der Waals surface area (Å²) in [7, 11) is 1.62. The number of nitrogens with one attached hydrogen (secondary N) is 1. The van der Waals surface area contributed by atoms with Gasteiger partial charge in [0.1, 0.15) is 5.75 Å². The van der Waals surface area contributed by atoms with Crippen LogP contribution in [0.25, 0.3) is 0 Å². The summed E-state index contributed by atoms with van der Waals surface area (Å²) >= 11 is 0. The van der Waals surface area contributed by atoms with E-state index in [1.54, 1.807) is 7.05 Å². The maximum Gasteiger partial charge on any atom is 0.270 e. The topological polar surface area (TPSA) is 81.9 Å². The molecule has 0 unspecified atom stereocenters. The third-order valence-corrected chi connectivity index (χ3v) is 2.61. The van der Waals surface area contributed by atoms with Crippen LogP contribution in [-0.2, 0) is 11.8 Å². The van der Waals surface area contributed by atoms with Crippen molar-refractivity contribution in [2.24, 2.45) is 7.05 Å². The normalized spacial score (nSPS) is 10.3. The van der Waals surface area contributed by atoms with Crippen molar-refractivity contribution in [1.29, 1.82) is 0 Å². The predicted molar refractivity (Wildman–Crippen MR) is 68.8 cm³/mol. The Balaban J connectivity index is 1.88. The van der Waals surface area contributed by atoms with Gasteiger partial charge in [0.25, 0.3) is 11.9 Å². The number of aryl methyl sites for hydroxylation is 3. The van der Waals surface area contributed by atoms with Crippen molar-refractivity contribution in [2.75, 3.05) is 11.9 Å². The van der Waals surface area contributed by atoms with Crippen molar-refractivity contribution in [2.45, 2.75) is 13.8 Å². The van der Waals surface area contributed by atoms with Crippen molar-refractivity contribution in [1.82, 2.24) is 20.2 Å². The smallest absolute Gasteiger partial charge is 0.270 e. The summed E-state index contributed by atoms with van der Waals surface area (Å²) in [6.45, 7) is 3.91. The quantitative estimate of drug-likeness (QED) is 0.882. The molecule has 1 aromatic heterocycles. The molecule has 2 rings (SSSR count). The number of anilines is 1. The Labute approximate surface area is 110 Å². The molecule has 2 aromatic rings. The number of benzene rings is 1. The Bertz CT molecular complexity index is 594. The molecule has 1 N–H and O–H groups in total. The number of ether oxygens (including phenoxy) is 1. The van der Waals surface area contributed by atoms with Crippen LogP contribution in [0, 0.1) is 13.8 Å². The van der Waals surface area contributed by atoms with Crippen LogP contribution >= 0.6 is 0 Å². The van der Waals surface area contributed by atoms with E-state index >= 15 is 0 Å². The van der Waals surface area contributed by atoms with Crippen LogP contribution in [-0.4, -0.2) is 32.7 Å². The Morgan fingerprint density at radius 1 is 1.37 bits per heavy atom. The largest absolute Gasteiger partial charge is 0.484 e. The van der Waals surface area contributed by atoms with Crippen LogP contribution in [0.2, 0.25) is 0 Å². The third kappa shape index (κ3) is 3.51. The van der Waals surface area contributed by atoms with Gasteiger partial charge in [0.05, 0.1) is 7.05 Å². The molecule has 1 amide bonds. The second kappa shape index (κ2) is 5.47. The molecule has 0 aliphatic heterocycles. The first-order chi connectivity index (χ1) is 9.04. The molecule has 0 atom stereocenters. The van der Waals surface area contributed by atoms with Gasteiger partial charge in [0, 0.05) is 0 Å². The number of hydrogen-bond acceptors (Lipinski definition) is 5. The molecule has 1 aromatic carbocycles. The fourth-order valence-corrected chi connectivity index (χ4v) is 1.45. The Kier molecular flexibility index (Phi) is 3.74. The average Bonchev–Trinajstić information content (AvgIpc) is 2.76. The molecule has 0 saturated heterocycles. The Morgan fingerprint density at radius 3 is 2.79 bits per heavy atom. The number of carbonyl (C=O) groups is 1. The lowest BCUT2D eigenvalue weighted by Gasteiger charge is -2.07. The van der Waals surface area contributed by atoms with Crippen molar-refractivity contribution in [3.8, 4) is 5.75 Å². The summed E-state index contributed by atoms with van der Waals surface area (Å²) in [5.74, 6) is 0.493. The predicted octanol–water partition coefficient (Wildman–Crippen LogP) is 0.844. The lowest BCUT2D eigenvalue weighted by molar-refractivity contribution is -0.118. The van der Waals surface area contributed by atoms with E-state index in [2.05, 4.69) is 20.7 Å². The van der Waals surface area contributed by atoms with Gasteiger partial charge in [-0.1, -0.05) is 11.2 Å². The molecule has 100 valence electrons. The first-order valence-electron chi connectivity index (χ1n) is 5.78. The lowest BCUT2D eigenvalue weighted by Crippen LogP contribution is -2.21. The summed E-state index contributed by atoms with van der Waals surface area (Å²) in [6, 6.07) is 5.67. The van der Waals surface area contributed by atoms with Gasteiger partial charge in [-0.3, -0.25) is 10.1 Å². The fourth-order valence-electron chi connectivity index (χ4n) is 1.45. The van der Waals surface area contributed by atoms with Crippen LogP contribution in [0.15, 0.2) is 18.2 Å². The van der Waals surface area contributed by atoms with E-state index in [0.29, 0.717) is 5.75 Å². The molecule has 0 fully saturated rings. The van der Waals surface area contributed by atoms with Crippen LogP contribution in [0.4, 0.5) is 5.95 Å². The number of hydrogen-bond donors (Lipinski definition) is 1. The van der Waals surface area contributed by atoms with Crippen molar-refractivity contribution >= 4 is 11.9 Å². The second-order valence-corrected chi connectivity index (χ2v) is 4.19. The summed E-state index contributed by atoms with van der Waals surface area (Å²) in [5, 5.41) is 13.6. The maximum atomic E-state index is 11.6. The second-order valence-electron chi connectivity index (χ2n) is 4.19. The van der Waals surface area contributed by atoms with Gasteiger partial charge in [-0.25, -0.2) is 0 Å². The van der Waals surface area contributed by atoms with E-state index in [9.17, 15) is 4.79 Å². The highest BCUT2D eigenvalue weighted by Gasteiger charge is 2.07. The van der Waals surface area contributed by atoms with Crippen LogP contribution in [0.3, 0.4) is 0 Å². The minimum atomic E-state index is -0.328. The summed E-state index contributed by atoms with van der Waals surface area (Å²) in [4.78, 5) is 12.9. The SMILES string of the molecule is Cc1ccc(OCC(=O)Nc2nnn(C)n2)cc1C. The number of nitrogens with zero attached hydrogens (tertiary/aromatic N) is 4. The van der Waals surface area contributed by atoms with E-state index in [1.807, 2.05) is 32.0 Å². The van der Waals surface area contributed by atoms with E-state index in [-0.39, 0.29) is 18.5 Å². The fraction of sp³-hybridized carbons (Fsp3) is 0.333. The molecule has 0 aliphatic rings. The van der Waals surface area contributed by atoms with Crippen LogP contribution in [0.1, 0.15) is 11.1 Å². The highest BCUT2D eigenvalue weighted by atomic mass is 16.5. The van der Waals surface area contributed by atoms with Gasteiger partial charge in [0.2, 0.25) is 0 Å². The van der Waals surface area contributed by atoms with Crippen molar-refractivity contribution in [3.05, 3.63) is 29.3 Å². The van der Waals surface area contributed by atoms with E-state index in [4.69, 9.17) is 4.74 Å². The number of tetrazole rings is 1. The summed E-state index contributed by atoms with van der Waals surface area (Å²) < 4.78 is 5.39. The zero-order valence-corrected chi connectivity index (χ0v) is 11.0. The molecule has 0 saturated carbocycles. The molecule has 0 bridgehead atoms. The number of rotatable bonds is 4. The van der Waals surface area contributed by atoms with E-state index in [0.717, 1.165) is 5.56 Å². The highest BCUT2D eigenvalue weighted by molar-refractivity contribution is 5.90. The van der Waals surface area contributed by atoms with E-state index in [1.165, 1.54) is 10.4 Å². The molecule has 0 aliphatic carbocycles. The number of carbonyl (C=O) groups excluding carboxylic acids is 1. The number of aromatic nitrogens is 4. The maximum absolute atomic E-state index is 11.6. The molecule has 1 heterocycles. The van der Waals surface area contributed by atoms with Gasteiger partial charge in [0.15, 0.2) is 6.61 Å². The van der Waals surface area contributed by atoms with Crippen LogP contribution < -0.4 is 10.1 Å². The zero-order chi connectivity index (χ0) is 13.8. The Hall–Kier alpha value is -2.44. The lowest BCUT2D eigenvalue weighted by atomic mass is 10.1. The summed E-state index contributed by atoms with van der Waals surface area (Å²) in [6.07, 6.45) is 0. The molecule has 0 radical (unpaired) electrons. The van der Waals surface area contributed by atoms with Crippen molar-refractivity contribution < 1.29 is 9.53 Å². The van der Waals surface area contributed by atoms with Crippen molar-refractivity contribution in [3.63, 3.8) is 0 Å². The van der Waals surface area contributed by atoms with Gasteiger partial charge in [-0.15, -0.1) is 5.10 Å². The van der Waals surface area contributed by atoms with Gasteiger partial charge in [-0.2, -0.15) is 4.80 Å². The van der Waals surface area contributed by atoms with Crippen LogP contribution in [0.5, 0.6) is 5.75 Å². The Morgan fingerprint density at radius 2 is 2.16 bits per heavy atom. The minimum absolute atomic E-state index is 0.0965. The standard InChI is InChI=1S/C12H15N5O2/c1-8-4-5-10(6-9(8)2)19-7-11(18)13-12-14-16-17(3)15-12/h4-6H,7H2,1-3H3,(H,13,15,18). The third-order valence-electron chi connectivity index (χ3n) is 2.61. The molecule has 7 nitrogen and oxygen atoms in total. The van der Waals surface area contributed by atoms with Gasteiger partial charge < -0.3 is 4.74 Å². The number of amides is 1.